The topological polar surface area (TPSA) is 89.9 Å². The monoisotopic (exact) mass is 622 g/mol. The standard InChI is InChI=1S/C37H38N2O7/c1-38-13-12-36-29-19-7-10-25(43-4)32(29)46-34(36)30(40)20(16-37(36,41)27(38)15-19)23-17-35-21-8-11-26(44-5)33(35)45-31-24(42-3)9-6-18(28(31)35)14-22(21)39(23)2/h6-11,16,22-23,27,33-34,41H,12-15,17H2,1-5H3/t22-,23+,27-,33+,34+,35+,36+,37-/m1/s1. The summed E-state index contributed by atoms with van der Waals surface area (Å²) in [7, 11) is 9.21. The second-order valence-corrected chi connectivity index (χ2v) is 14.4. The molecule has 9 heteroatoms. The number of allylic oxidation sites excluding steroid dienone is 2. The Morgan fingerprint density at radius 3 is 2.28 bits per heavy atom. The second kappa shape index (κ2) is 8.56. The van der Waals surface area contributed by atoms with E-state index >= 15 is 4.79 Å². The summed E-state index contributed by atoms with van der Waals surface area (Å²) in [6, 6.07) is 7.75. The average Bonchev–Trinajstić information content (AvgIpc) is 3.59. The Morgan fingerprint density at radius 1 is 0.870 bits per heavy atom. The van der Waals surface area contributed by atoms with Crippen LogP contribution in [0.2, 0.25) is 0 Å². The predicted octanol–water partition coefficient (Wildman–Crippen LogP) is 3.00. The normalized spacial score (nSPS) is 38.9. The van der Waals surface area contributed by atoms with E-state index in [2.05, 4.69) is 42.1 Å². The van der Waals surface area contributed by atoms with Gasteiger partial charge in [-0.05, 0) is 87.3 Å². The van der Waals surface area contributed by atoms with E-state index in [1.165, 1.54) is 11.1 Å². The van der Waals surface area contributed by atoms with E-state index in [1.54, 1.807) is 21.3 Å². The summed E-state index contributed by atoms with van der Waals surface area (Å²) in [5.41, 5.74) is 3.70. The summed E-state index contributed by atoms with van der Waals surface area (Å²) in [5.74, 6) is 3.41. The van der Waals surface area contributed by atoms with Gasteiger partial charge in [0.05, 0.1) is 32.2 Å². The van der Waals surface area contributed by atoms with E-state index in [9.17, 15) is 5.11 Å². The fourth-order valence-electron chi connectivity index (χ4n) is 11.1. The zero-order valence-corrected chi connectivity index (χ0v) is 26.8. The van der Waals surface area contributed by atoms with Crippen LogP contribution in [0, 0.1) is 0 Å². The number of carbonyl (C=O) groups is 1. The molecule has 4 bridgehead atoms. The zero-order valence-electron chi connectivity index (χ0n) is 26.8. The first-order valence-corrected chi connectivity index (χ1v) is 16.3. The number of ether oxygens (including phenoxy) is 5. The number of carbonyl (C=O) groups excluding carboxylic acids is 1. The molecule has 1 N–H and O–H groups in total. The number of benzene rings is 2. The molecule has 46 heavy (non-hydrogen) atoms. The molecule has 4 aliphatic carbocycles. The summed E-state index contributed by atoms with van der Waals surface area (Å²) >= 11 is 0. The maximum atomic E-state index is 15.1. The number of hydrogen-bond acceptors (Lipinski definition) is 9. The molecule has 0 aromatic heterocycles. The first-order valence-electron chi connectivity index (χ1n) is 16.3. The number of ketones is 1. The van der Waals surface area contributed by atoms with E-state index < -0.39 is 22.5 Å². The molecule has 238 valence electrons. The van der Waals surface area contributed by atoms with Crippen LogP contribution in [-0.4, -0.2) is 98.6 Å². The number of Topliss-reactive ketones (excluding diaryl/α,β-unsaturated/α-hetero) is 1. The maximum absolute atomic E-state index is 15.1. The smallest absolute Gasteiger partial charge is 0.201 e. The summed E-state index contributed by atoms with van der Waals surface area (Å²) < 4.78 is 31.1. The summed E-state index contributed by atoms with van der Waals surface area (Å²) in [4.78, 5) is 19.7. The highest BCUT2D eigenvalue weighted by Gasteiger charge is 2.74. The molecule has 0 amide bonds. The first-order chi connectivity index (χ1) is 22.2. The van der Waals surface area contributed by atoms with E-state index in [0.717, 1.165) is 41.2 Å². The van der Waals surface area contributed by atoms with Crippen LogP contribution in [-0.2, 0) is 33.2 Å². The van der Waals surface area contributed by atoms with Crippen molar-refractivity contribution in [1.82, 2.24) is 9.80 Å². The van der Waals surface area contributed by atoms with Crippen LogP contribution in [0.25, 0.3) is 0 Å². The van der Waals surface area contributed by atoms with Gasteiger partial charge in [-0.2, -0.15) is 0 Å². The lowest BCUT2D eigenvalue weighted by molar-refractivity contribution is -0.154. The number of likely N-dealkylation sites (tertiary alicyclic amines) is 2. The van der Waals surface area contributed by atoms with Gasteiger partial charge in [-0.1, -0.05) is 18.2 Å². The van der Waals surface area contributed by atoms with E-state index in [0.29, 0.717) is 42.1 Å². The maximum Gasteiger partial charge on any atom is 0.201 e. The predicted molar refractivity (Wildman–Crippen MR) is 168 cm³/mol. The number of piperidine rings is 2. The van der Waals surface area contributed by atoms with Gasteiger partial charge in [-0.25, -0.2) is 0 Å². The number of aliphatic hydroxyl groups is 1. The summed E-state index contributed by atoms with van der Waals surface area (Å²) in [5, 5.41) is 13.2. The van der Waals surface area contributed by atoms with Crippen molar-refractivity contribution in [2.24, 2.45) is 0 Å². The second-order valence-electron chi connectivity index (χ2n) is 14.4. The van der Waals surface area contributed by atoms with Crippen LogP contribution in [0.15, 0.2) is 59.4 Å². The number of hydrogen-bond donors (Lipinski definition) is 1. The van der Waals surface area contributed by atoms with Gasteiger partial charge in [-0.15, -0.1) is 0 Å². The molecule has 0 radical (unpaired) electrons. The van der Waals surface area contributed by atoms with Crippen LogP contribution >= 0.6 is 0 Å². The highest BCUT2D eigenvalue weighted by molar-refractivity contribution is 6.04. The third-order valence-corrected chi connectivity index (χ3v) is 13.1. The van der Waals surface area contributed by atoms with Crippen molar-refractivity contribution < 1.29 is 33.6 Å². The Hall–Kier alpha value is -3.79. The summed E-state index contributed by atoms with van der Waals surface area (Å²) in [6.07, 6.45) is 7.67. The van der Waals surface area contributed by atoms with E-state index in [1.807, 2.05) is 24.3 Å². The average molecular weight is 623 g/mol. The molecule has 8 atom stereocenters. The molecule has 0 unspecified atom stereocenters. The van der Waals surface area contributed by atoms with Crippen molar-refractivity contribution in [2.45, 2.75) is 72.4 Å². The Labute approximate surface area is 268 Å². The van der Waals surface area contributed by atoms with E-state index in [-0.39, 0.29) is 30.0 Å². The number of likely N-dealkylation sites (N-methyl/N-ethyl adjacent to an activating group) is 2. The van der Waals surface area contributed by atoms with Gasteiger partial charge in [0.1, 0.15) is 11.4 Å². The van der Waals surface area contributed by atoms with Crippen LogP contribution in [0.3, 0.4) is 0 Å². The lowest BCUT2D eigenvalue weighted by Gasteiger charge is -2.62. The molecule has 4 aliphatic heterocycles. The minimum absolute atomic E-state index is 0.0347. The van der Waals surface area contributed by atoms with E-state index in [4.69, 9.17) is 23.7 Å². The van der Waals surface area contributed by atoms with Crippen molar-refractivity contribution >= 4 is 5.78 Å². The molecule has 2 saturated heterocycles. The summed E-state index contributed by atoms with van der Waals surface area (Å²) in [6.45, 7) is 0.772. The van der Waals surface area contributed by atoms with Gasteiger partial charge < -0.3 is 28.8 Å². The highest BCUT2D eigenvalue weighted by Crippen LogP contribution is 2.67. The Bertz CT molecular complexity index is 1880. The Morgan fingerprint density at radius 2 is 1.57 bits per heavy atom. The van der Waals surface area contributed by atoms with Crippen LogP contribution in [0.1, 0.15) is 35.1 Å². The number of methoxy groups -OCH3 is 3. The van der Waals surface area contributed by atoms with Crippen LogP contribution in [0.5, 0.6) is 23.0 Å². The first kappa shape index (κ1) is 27.3. The van der Waals surface area contributed by atoms with Crippen molar-refractivity contribution in [1.29, 1.82) is 0 Å². The van der Waals surface area contributed by atoms with Gasteiger partial charge in [0.25, 0.3) is 0 Å². The number of rotatable bonds is 4. The SMILES string of the molecule is COC1=CC=C2[C@H]3Cc4ccc(OC)c5c4[C@@]2(C[C@@H](C2=C[C@@]4(O)[C@H]6Cc7ccc(OC)c8c7[C@@]4(CCN6C)[C@@H](O8)C2=O)N3C)[C@H]1O5. The van der Waals surface area contributed by atoms with Gasteiger partial charge >= 0.3 is 0 Å². The van der Waals surface area contributed by atoms with Crippen LogP contribution in [0.4, 0.5) is 0 Å². The molecule has 2 aromatic rings. The molecule has 8 aliphatic rings. The highest BCUT2D eigenvalue weighted by atomic mass is 16.6. The molecule has 10 rings (SSSR count). The van der Waals surface area contributed by atoms with Crippen LogP contribution < -0.4 is 18.9 Å². The minimum atomic E-state index is -1.30. The molecular formula is C37H38N2O7. The van der Waals surface area contributed by atoms with Gasteiger partial charge in [0, 0.05) is 34.8 Å². The molecule has 2 spiro atoms. The van der Waals surface area contributed by atoms with Gasteiger partial charge in [-0.3, -0.25) is 14.6 Å². The fourth-order valence-corrected chi connectivity index (χ4v) is 11.1. The van der Waals surface area contributed by atoms with Crippen molar-refractivity contribution in [3.63, 3.8) is 0 Å². The molecular weight excluding hydrogens is 584 g/mol. The van der Waals surface area contributed by atoms with Crippen molar-refractivity contribution in [2.75, 3.05) is 42.0 Å². The minimum Gasteiger partial charge on any atom is -0.497 e. The molecule has 0 saturated carbocycles. The largest absolute Gasteiger partial charge is 0.497 e. The Kier molecular flexibility index (Phi) is 5.09. The third kappa shape index (κ3) is 2.74. The molecule has 9 nitrogen and oxygen atoms in total. The quantitative estimate of drug-likeness (QED) is 0.553. The molecule has 2 fully saturated rings. The zero-order chi connectivity index (χ0) is 31.5. The lowest BCUT2D eigenvalue weighted by atomic mass is 9.49. The van der Waals surface area contributed by atoms with Crippen molar-refractivity contribution in [3.8, 4) is 23.0 Å². The fraction of sp³-hybridized carbons (Fsp3) is 0.486. The number of nitrogens with zero attached hydrogens (tertiary/aromatic N) is 2. The lowest BCUT2D eigenvalue weighted by Crippen LogP contribution is -2.76. The molecule has 4 heterocycles. The van der Waals surface area contributed by atoms with Gasteiger partial charge in [0.2, 0.25) is 5.78 Å². The third-order valence-electron chi connectivity index (χ3n) is 13.1. The molecule has 2 aromatic carbocycles. The van der Waals surface area contributed by atoms with Crippen molar-refractivity contribution in [3.05, 3.63) is 81.7 Å². The van der Waals surface area contributed by atoms with Gasteiger partial charge in [0.15, 0.2) is 35.2 Å². The Balaban J connectivity index is 1.18.